The SMILES string of the molecule is COC(C)COC1(C)CCN(C(=O)OC(C)(C)C)CC1. The second kappa shape index (κ2) is 6.76. The van der Waals surface area contributed by atoms with Crippen molar-refractivity contribution in [3.63, 3.8) is 0 Å². The molecule has 0 spiro atoms. The average molecular weight is 287 g/mol. The lowest BCUT2D eigenvalue weighted by atomic mass is 9.93. The Morgan fingerprint density at radius 2 is 1.85 bits per heavy atom. The summed E-state index contributed by atoms with van der Waals surface area (Å²) >= 11 is 0. The fourth-order valence-corrected chi connectivity index (χ4v) is 2.02. The third-order valence-corrected chi connectivity index (χ3v) is 3.54. The summed E-state index contributed by atoms with van der Waals surface area (Å²) in [7, 11) is 1.68. The number of amides is 1. The molecule has 0 radical (unpaired) electrons. The fraction of sp³-hybridized carbons (Fsp3) is 0.933. The molecule has 5 nitrogen and oxygen atoms in total. The maximum Gasteiger partial charge on any atom is 0.410 e. The highest BCUT2D eigenvalue weighted by atomic mass is 16.6. The number of likely N-dealkylation sites (tertiary alicyclic amines) is 1. The van der Waals surface area contributed by atoms with Crippen LogP contribution in [-0.2, 0) is 14.2 Å². The minimum atomic E-state index is -0.442. The summed E-state index contributed by atoms with van der Waals surface area (Å²) in [5, 5.41) is 0. The summed E-state index contributed by atoms with van der Waals surface area (Å²) in [5.74, 6) is 0. The van der Waals surface area contributed by atoms with Crippen LogP contribution in [0.4, 0.5) is 4.79 Å². The summed E-state index contributed by atoms with van der Waals surface area (Å²) in [4.78, 5) is 13.7. The fourth-order valence-electron chi connectivity index (χ4n) is 2.02. The molecular weight excluding hydrogens is 258 g/mol. The Hall–Kier alpha value is -0.810. The summed E-state index contributed by atoms with van der Waals surface area (Å²) < 4.78 is 16.5. The summed E-state index contributed by atoms with van der Waals surface area (Å²) in [6.45, 7) is 11.7. The molecule has 0 bridgehead atoms. The molecule has 1 unspecified atom stereocenters. The largest absolute Gasteiger partial charge is 0.444 e. The highest BCUT2D eigenvalue weighted by Gasteiger charge is 2.34. The number of hydrogen-bond donors (Lipinski definition) is 0. The molecule has 1 aliphatic heterocycles. The summed E-state index contributed by atoms with van der Waals surface area (Å²) in [6, 6.07) is 0. The van der Waals surface area contributed by atoms with Crippen molar-refractivity contribution in [2.75, 3.05) is 26.8 Å². The number of rotatable bonds is 4. The van der Waals surface area contributed by atoms with Crippen molar-refractivity contribution in [1.82, 2.24) is 4.90 Å². The quantitative estimate of drug-likeness (QED) is 0.797. The van der Waals surface area contributed by atoms with Crippen molar-refractivity contribution in [1.29, 1.82) is 0 Å². The molecule has 20 heavy (non-hydrogen) atoms. The van der Waals surface area contributed by atoms with Crippen LogP contribution in [0.5, 0.6) is 0 Å². The first kappa shape index (κ1) is 17.2. The Bertz CT molecular complexity index is 316. The van der Waals surface area contributed by atoms with E-state index in [2.05, 4.69) is 6.92 Å². The normalized spacial score (nSPS) is 20.6. The van der Waals surface area contributed by atoms with E-state index < -0.39 is 5.60 Å². The van der Waals surface area contributed by atoms with Crippen molar-refractivity contribution >= 4 is 6.09 Å². The lowest BCUT2D eigenvalue weighted by Crippen LogP contribution is -2.48. The Kier molecular flexibility index (Phi) is 5.83. The van der Waals surface area contributed by atoms with Crippen LogP contribution in [0, 0.1) is 0 Å². The van der Waals surface area contributed by atoms with Crippen LogP contribution in [0.2, 0.25) is 0 Å². The molecular formula is C15H29NO4. The Morgan fingerprint density at radius 3 is 2.30 bits per heavy atom. The average Bonchev–Trinajstić information content (AvgIpc) is 2.34. The smallest absolute Gasteiger partial charge is 0.410 e. The van der Waals surface area contributed by atoms with Crippen molar-refractivity contribution in [3.8, 4) is 0 Å². The number of methoxy groups -OCH3 is 1. The van der Waals surface area contributed by atoms with Gasteiger partial charge in [-0.1, -0.05) is 0 Å². The van der Waals surface area contributed by atoms with Gasteiger partial charge in [0.25, 0.3) is 0 Å². The van der Waals surface area contributed by atoms with E-state index in [0.717, 1.165) is 12.8 Å². The van der Waals surface area contributed by atoms with Gasteiger partial charge in [-0.3, -0.25) is 0 Å². The third-order valence-electron chi connectivity index (χ3n) is 3.54. The lowest BCUT2D eigenvalue weighted by Gasteiger charge is -2.40. The number of hydrogen-bond acceptors (Lipinski definition) is 4. The Balaban J connectivity index is 2.40. The standard InChI is InChI=1S/C15H29NO4/c1-12(18-6)11-19-15(5)7-9-16(10-8-15)13(17)20-14(2,3)4/h12H,7-11H2,1-6H3. The molecule has 0 saturated carbocycles. The minimum Gasteiger partial charge on any atom is -0.444 e. The number of carbonyl (C=O) groups excluding carboxylic acids is 1. The van der Waals surface area contributed by atoms with Gasteiger partial charge in [0.05, 0.1) is 18.3 Å². The van der Waals surface area contributed by atoms with Gasteiger partial charge >= 0.3 is 6.09 Å². The van der Waals surface area contributed by atoms with Crippen molar-refractivity contribution in [2.24, 2.45) is 0 Å². The molecule has 0 aromatic carbocycles. The first-order valence-corrected chi connectivity index (χ1v) is 7.30. The van der Waals surface area contributed by atoms with E-state index in [1.807, 2.05) is 27.7 Å². The molecule has 118 valence electrons. The predicted molar refractivity (Wildman–Crippen MR) is 77.9 cm³/mol. The molecule has 1 rings (SSSR count). The zero-order chi connectivity index (χ0) is 15.4. The molecule has 0 N–H and O–H groups in total. The molecule has 1 atom stereocenters. The number of ether oxygens (including phenoxy) is 3. The van der Waals surface area contributed by atoms with E-state index in [-0.39, 0.29) is 17.8 Å². The van der Waals surface area contributed by atoms with Gasteiger partial charge in [-0.15, -0.1) is 0 Å². The molecule has 1 aliphatic rings. The van der Waals surface area contributed by atoms with E-state index in [1.54, 1.807) is 12.0 Å². The van der Waals surface area contributed by atoms with Crippen LogP contribution in [-0.4, -0.2) is 55.1 Å². The van der Waals surface area contributed by atoms with Crippen molar-refractivity contribution in [2.45, 2.75) is 64.8 Å². The highest BCUT2D eigenvalue weighted by Crippen LogP contribution is 2.27. The van der Waals surface area contributed by atoms with E-state index in [1.165, 1.54) is 0 Å². The Labute approximate surface area is 122 Å². The van der Waals surface area contributed by atoms with Crippen LogP contribution in [0.25, 0.3) is 0 Å². The second-order valence-electron chi connectivity index (χ2n) is 6.77. The molecule has 1 amide bonds. The van der Waals surface area contributed by atoms with Crippen molar-refractivity contribution < 1.29 is 19.0 Å². The van der Waals surface area contributed by atoms with E-state index >= 15 is 0 Å². The van der Waals surface area contributed by atoms with Gasteiger partial charge in [0, 0.05) is 20.2 Å². The predicted octanol–water partition coefficient (Wildman–Crippen LogP) is 2.83. The van der Waals surface area contributed by atoms with Gasteiger partial charge in [0.1, 0.15) is 5.60 Å². The minimum absolute atomic E-state index is 0.0933. The molecule has 0 aliphatic carbocycles. The molecule has 5 heteroatoms. The number of carbonyl (C=O) groups is 1. The Morgan fingerprint density at radius 1 is 1.30 bits per heavy atom. The summed E-state index contributed by atoms with van der Waals surface area (Å²) in [5.41, 5.74) is -0.618. The zero-order valence-electron chi connectivity index (χ0n) is 13.7. The van der Waals surface area contributed by atoms with E-state index in [9.17, 15) is 4.79 Å². The van der Waals surface area contributed by atoms with E-state index in [4.69, 9.17) is 14.2 Å². The molecule has 1 saturated heterocycles. The maximum atomic E-state index is 12.0. The first-order valence-electron chi connectivity index (χ1n) is 7.30. The number of piperidine rings is 1. The van der Waals surface area contributed by atoms with Crippen LogP contribution in [0.15, 0.2) is 0 Å². The monoisotopic (exact) mass is 287 g/mol. The second-order valence-corrected chi connectivity index (χ2v) is 6.77. The maximum absolute atomic E-state index is 12.0. The van der Waals surface area contributed by atoms with Crippen LogP contribution >= 0.6 is 0 Å². The van der Waals surface area contributed by atoms with Gasteiger partial charge < -0.3 is 19.1 Å². The molecule has 0 aromatic heterocycles. The molecule has 1 fully saturated rings. The third kappa shape index (κ3) is 5.67. The van der Waals surface area contributed by atoms with Gasteiger partial charge in [-0.2, -0.15) is 0 Å². The first-order chi connectivity index (χ1) is 9.15. The topological polar surface area (TPSA) is 48.0 Å². The van der Waals surface area contributed by atoms with Crippen LogP contribution in [0.1, 0.15) is 47.5 Å². The highest BCUT2D eigenvalue weighted by molar-refractivity contribution is 5.68. The number of nitrogens with zero attached hydrogens (tertiary/aromatic N) is 1. The molecule has 1 heterocycles. The van der Waals surface area contributed by atoms with Gasteiger partial charge in [-0.25, -0.2) is 4.79 Å². The van der Waals surface area contributed by atoms with Gasteiger partial charge in [0.2, 0.25) is 0 Å². The lowest BCUT2D eigenvalue weighted by molar-refractivity contribution is -0.101. The molecule has 0 aromatic rings. The van der Waals surface area contributed by atoms with E-state index in [0.29, 0.717) is 19.7 Å². The van der Waals surface area contributed by atoms with Crippen LogP contribution < -0.4 is 0 Å². The zero-order valence-corrected chi connectivity index (χ0v) is 13.7. The summed E-state index contributed by atoms with van der Waals surface area (Å²) in [6.07, 6.45) is 1.51. The van der Waals surface area contributed by atoms with Gasteiger partial charge in [0.15, 0.2) is 0 Å². The van der Waals surface area contributed by atoms with Gasteiger partial charge in [-0.05, 0) is 47.5 Å². The van der Waals surface area contributed by atoms with Crippen LogP contribution in [0.3, 0.4) is 0 Å². The van der Waals surface area contributed by atoms with Crippen molar-refractivity contribution in [3.05, 3.63) is 0 Å².